The van der Waals surface area contributed by atoms with E-state index in [1.54, 1.807) is 0 Å². The van der Waals surface area contributed by atoms with Gasteiger partial charge in [0.25, 0.3) is 0 Å². The molecule has 0 amide bonds. The van der Waals surface area contributed by atoms with Crippen LogP contribution in [0.1, 0.15) is 112 Å². The summed E-state index contributed by atoms with van der Waals surface area (Å²) in [6, 6.07) is 21.9. The van der Waals surface area contributed by atoms with Gasteiger partial charge >= 0.3 is 0 Å². The van der Waals surface area contributed by atoms with Gasteiger partial charge < -0.3 is 10.6 Å². The molecule has 0 heterocycles. The molecular weight excluding hydrogens is 518 g/mol. The SMILES string of the molecule is CC(C)c1cccc(C(C)C)c1NC(=NCc1ccc(CBr)cc1)Nc1c(C(C)C)cccc1C(C)C. The third-order valence-corrected chi connectivity index (χ3v) is 7.48. The molecule has 2 N–H and O–H groups in total. The number of guanidine groups is 1. The lowest BCUT2D eigenvalue weighted by molar-refractivity contribution is 0.837. The fourth-order valence-corrected chi connectivity index (χ4v) is 5.02. The molecule has 0 saturated carbocycles. The highest BCUT2D eigenvalue weighted by molar-refractivity contribution is 9.08. The molecule has 0 saturated heterocycles. The summed E-state index contributed by atoms with van der Waals surface area (Å²) in [6.07, 6.45) is 0. The number of nitrogens with one attached hydrogen (secondary N) is 2. The van der Waals surface area contributed by atoms with E-state index in [2.05, 4.69) is 143 Å². The predicted octanol–water partition coefficient (Wildman–Crippen LogP) is 10.2. The highest BCUT2D eigenvalue weighted by atomic mass is 79.9. The van der Waals surface area contributed by atoms with Crippen LogP contribution in [0.2, 0.25) is 0 Å². The van der Waals surface area contributed by atoms with Crippen LogP contribution in [0.15, 0.2) is 65.7 Å². The van der Waals surface area contributed by atoms with Gasteiger partial charge in [0.1, 0.15) is 0 Å². The number of rotatable bonds is 9. The molecule has 3 aromatic carbocycles. The van der Waals surface area contributed by atoms with Gasteiger partial charge in [0.05, 0.1) is 6.54 Å². The molecule has 0 aromatic heterocycles. The first kappa shape index (κ1) is 29.0. The smallest absolute Gasteiger partial charge is 0.200 e. The number of hydrogen-bond donors (Lipinski definition) is 2. The maximum atomic E-state index is 5.12. The van der Waals surface area contributed by atoms with Crippen molar-refractivity contribution in [1.82, 2.24) is 0 Å². The van der Waals surface area contributed by atoms with Gasteiger partial charge in [-0.2, -0.15) is 0 Å². The van der Waals surface area contributed by atoms with Crippen molar-refractivity contribution in [1.29, 1.82) is 0 Å². The second kappa shape index (κ2) is 13.3. The van der Waals surface area contributed by atoms with E-state index in [0.717, 1.165) is 11.3 Å². The molecule has 198 valence electrons. The van der Waals surface area contributed by atoms with Crippen LogP contribution in [0, 0.1) is 0 Å². The van der Waals surface area contributed by atoms with Crippen LogP contribution in [0.5, 0.6) is 0 Å². The monoisotopic (exact) mass is 561 g/mol. The summed E-state index contributed by atoms with van der Waals surface area (Å²) in [5.74, 6) is 2.37. The van der Waals surface area contributed by atoms with Gasteiger partial charge in [0.15, 0.2) is 0 Å². The molecule has 0 atom stereocenters. The van der Waals surface area contributed by atoms with Crippen molar-refractivity contribution in [3.8, 4) is 0 Å². The average Bonchev–Trinajstić information content (AvgIpc) is 2.87. The maximum absolute atomic E-state index is 5.12. The van der Waals surface area contributed by atoms with Gasteiger partial charge in [-0.05, 0) is 57.1 Å². The first-order valence-electron chi connectivity index (χ1n) is 13.6. The van der Waals surface area contributed by atoms with E-state index in [9.17, 15) is 0 Å². The van der Waals surface area contributed by atoms with E-state index in [-0.39, 0.29) is 0 Å². The van der Waals surface area contributed by atoms with Crippen molar-refractivity contribution in [2.24, 2.45) is 4.99 Å². The molecule has 0 radical (unpaired) electrons. The van der Waals surface area contributed by atoms with Crippen LogP contribution in [0.4, 0.5) is 11.4 Å². The topological polar surface area (TPSA) is 36.4 Å². The zero-order chi connectivity index (χ0) is 27.1. The summed E-state index contributed by atoms with van der Waals surface area (Å²) in [6.45, 7) is 18.6. The Hall–Kier alpha value is -2.59. The molecule has 4 heteroatoms. The van der Waals surface area contributed by atoms with Crippen LogP contribution in [0.25, 0.3) is 0 Å². The van der Waals surface area contributed by atoms with Gasteiger partial charge in [0, 0.05) is 16.7 Å². The largest absolute Gasteiger partial charge is 0.326 e. The minimum absolute atomic E-state index is 0.397. The van der Waals surface area contributed by atoms with Gasteiger partial charge in [-0.1, -0.05) is 132 Å². The summed E-state index contributed by atoms with van der Waals surface area (Å²) >= 11 is 3.54. The molecule has 3 nitrogen and oxygen atoms in total. The number of halogens is 1. The Morgan fingerprint density at radius 3 is 1.27 bits per heavy atom. The van der Waals surface area contributed by atoms with E-state index in [1.165, 1.54) is 44.8 Å². The van der Waals surface area contributed by atoms with Gasteiger partial charge in [-0.3, -0.25) is 0 Å². The molecule has 0 aliphatic heterocycles. The summed E-state index contributed by atoms with van der Waals surface area (Å²) in [5.41, 5.74) is 10.0. The normalized spacial score (nSPS) is 11.5. The number of hydrogen-bond acceptors (Lipinski definition) is 1. The third-order valence-electron chi connectivity index (χ3n) is 6.83. The van der Waals surface area contributed by atoms with Crippen LogP contribution in [0.3, 0.4) is 0 Å². The molecular formula is C33H44BrN3. The molecule has 3 rings (SSSR count). The Morgan fingerprint density at radius 1 is 0.595 bits per heavy atom. The Morgan fingerprint density at radius 2 is 0.946 bits per heavy atom. The highest BCUT2D eigenvalue weighted by Gasteiger charge is 2.19. The van der Waals surface area contributed by atoms with E-state index >= 15 is 0 Å². The van der Waals surface area contributed by atoms with E-state index in [1.807, 2.05) is 0 Å². The number of anilines is 2. The lowest BCUT2D eigenvalue weighted by Gasteiger charge is -2.25. The molecule has 0 aliphatic rings. The van der Waals surface area contributed by atoms with Crippen molar-refractivity contribution in [2.45, 2.75) is 90.9 Å². The van der Waals surface area contributed by atoms with Crippen molar-refractivity contribution in [3.05, 3.63) is 94.0 Å². The van der Waals surface area contributed by atoms with Crippen LogP contribution >= 0.6 is 15.9 Å². The fraction of sp³-hybridized carbons (Fsp3) is 0.424. The van der Waals surface area contributed by atoms with Crippen LogP contribution < -0.4 is 10.6 Å². The molecule has 0 bridgehead atoms. The lowest BCUT2D eigenvalue weighted by atomic mass is 9.92. The average molecular weight is 563 g/mol. The minimum atomic E-state index is 0.397. The molecule has 0 spiro atoms. The number of nitrogens with zero attached hydrogens (tertiary/aromatic N) is 1. The van der Waals surface area contributed by atoms with Crippen LogP contribution in [-0.2, 0) is 11.9 Å². The Balaban J connectivity index is 2.11. The molecule has 37 heavy (non-hydrogen) atoms. The van der Waals surface area contributed by atoms with Gasteiger partial charge in [-0.25, -0.2) is 4.99 Å². The standard InChI is InChI=1S/C33H44BrN3/c1-21(2)27-11-9-12-28(22(3)4)31(27)36-33(35-20-26-17-15-25(19-34)16-18-26)37-32-29(23(5)6)13-10-14-30(32)24(7)8/h9-18,21-24H,19-20H2,1-8H3,(H2,35,36,37). The zero-order valence-corrected chi connectivity index (χ0v) is 25.4. The fourth-order valence-electron chi connectivity index (χ4n) is 4.64. The van der Waals surface area contributed by atoms with Crippen molar-refractivity contribution in [3.63, 3.8) is 0 Å². The van der Waals surface area contributed by atoms with E-state index in [4.69, 9.17) is 4.99 Å². The molecule has 0 fully saturated rings. The van der Waals surface area contributed by atoms with Crippen molar-refractivity contribution in [2.75, 3.05) is 10.6 Å². The number of benzene rings is 3. The molecule has 3 aromatic rings. The second-order valence-electron chi connectivity index (χ2n) is 11.1. The number of aliphatic imine (C=N–C) groups is 1. The first-order valence-corrected chi connectivity index (χ1v) is 14.7. The quantitative estimate of drug-likeness (QED) is 0.155. The minimum Gasteiger partial charge on any atom is -0.326 e. The summed E-state index contributed by atoms with van der Waals surface area (Å²) in [4.78, 5) is 5.12. The van der Waals surface area contributed by atoms with Gasteiger partial charge in [0.2, 0.25) is 5.96 Å². The lowest BCUT2D eigenvalue weighted by Crippen LogP contribution is -2.26. The summed E-state index contributed by atoms with van der Waals surface area (Å²) in [7, 11) is 0. The Kier molecular flexibility index (Phi) is 10.4. The zero-order valence-electron chi connectivity index (χ0n) is 23.8. The third kappa shape index (κ3) is 7.47. The van der Waals surface area contributed by atoms with Crippen molar-refractivity contribution >= 4 is 33.3 Å². The van der Waals surface area contributed by atoms with E-state index < -0.39 is 0 Å². The van der Waals surface area contributed by atoms with Crippen molar-refractivity contribution < 1.29 is 0 Å². The highest BCUT2D eigenvalue weighted by Crippen LogP contribution is 2.35. The van der Waals surface area contributed by atoms with Gasteiger partial charge in [-0.15, -0.1) is 0 Å². The number of alkyl halides is 1. The Bertz CT molecular complexity index is 1070. The van der Waals surface area contributed by atoms with E-state index in [0.29, 0.717) is 30.2 Å². The first-order chi connectivity index (χ1) is 17.6. The predicted molar refractivity (Wildman–Crippen MR) is 167 cm³/mol. The molecule has 0 aliphatic carbocycles. The number of para-hydroxylation sites is 2. The Labute approximate surface area is 233 Å². The summed E-state index contributed by atoms with van der Waals surface area (Å²) in [5, 5.41) is 8.43. The summed E-state index contributed by atoms with van der Waals surface area (Å²) < 4.78 is 0. The second-order valence-corrected chi connectivity index (χ2v) is 11.7. The van der Waals surface area contributed by atoms with Crippen LogP contribution in [-0.4, -0.2) is 5.96 Å². The molecule has 0 unspecified atom stereocenters. The maximum Gasteiger partial charge on any atom is 0.200 e.